The number of halogens is 2. The Morgan fingerprint density at radius 3 is 2.88 bits per heavy atom. The number of likely N-dealkylation sites (tertiary alicyclic amines) is 1. The molecule has 0 spiro atoms. The van der Waals surface area contributed by atoms with Crippen molar-refractivity contribution in [3.05, 3.63) is 29.3 Å². The predicted octanol–water partition coefficient (Wildman–Crippen LogP) is 2.51. The summed E-state index contributed by atoms with van der Waals surface area (Å²) in [5, 5.41) is 7.16. The molecule has 25 heavy (non-hydrogen) atoms. The monoisotopic (exact) mass is 480 g/mol. The zero-order valence-corrected chi connectivity index (χ0v) is 17.7. The minimum Gasteiger partial charge on any atom is -0.490 e. The van der Waals surface area contributed by atoms with Crippen molar-refractivity contribution in [2.75, 3.05) is 33.3 Å². The molecule has 1 heterocycles. The van der Waals surface area contributed by atoms with Gasteiger partial charge in [0, 0.05) is 32.6 Å². The van der Waals surface area contributed by atoms with Crippen LogP contribution in [0.3, 0.4) is 0 Å². The first-order chi connectivity index (χ1) is 11.6. The van der Waals surface area contributed by atoms with E-state index in [4.69, 9.17) is 16.3 Å². The van der Waals surface area contributed by atoms with E-state index >= 15 is 0 Å². The summed E-state index contributed by atoms with van der Waals surface area (Å²) in [5.74, 6) is 1.59. The van der Waals surface area contributed by atoms with Gasteiger partial charge < -0.3 is 20.3 Å². The molecule has 0 aromatic heterocycles. The molecule has 1 aromatic carbocycles. The lowest BCUT2D eigenvalue weighted by atomic mass is 10.3. The second-order valence-corrected chi connectivity index (χ2v) is 6.01. The van der Waals surface area contributed by atoms with Crippen molar-refractivity contribution in [2.24, 2.45) is 4.99 Å². The van der Waals surface area contributed by atoms with Gasteiger partial charge in [0.2, 0.25) is 5.91 Å². The maximum absolute atomic E-state index is 11.7. The highest BCUT2D eigenvalue weighted by atomic mass is 127. The van der Waals surface area contributed by atoms with Crippen molar-refractivity contribution in [1.29, 1.82) is 0 Å². The molecule has 1 amide bonds. The van der Waals surface area contributed by atoms with Crippen LogP contribution in [-0.2, 0) is 4.79 Å². The van der Waals surface area contributed by atoms with Gasteiger partial charge in [0.25, 0.3) is 0 Å². The van der Waals surface area contributed by atoms with Crippen molar-refractivity contribution in [1.82, 2.24) is 15.5 Å². The molecule has 1 aliphatic rings. The Bertz CT molecular complexity index is 586. The van der Waals surface area contributed by atoms with Crippen LogP contribution >= 0.6 is 35.6 Å². The third-order valence-electron chi connectivity index (χ3n) is 3.90. The summed E-state index contributed by atoms with van der Waals surface area (Å²) in [6.07, 6.45) is 1.49. The molecule has 0 radical (unpaired) electrons. The molecule has 1 atom stereocenters. The van der Waals surface area contributed by atoms with Gasteiger partial charge in [-0.1, -0.05) is 30.7 Å². The van der Waals surface area contributed by atoms with Crippen LogP contribution in [-0.4, -0.2) is 56.1 Å². The number of nitrogens with one attached hydrogen (secondary N) is 2. The molecule has 6 nitrogen and oxygen atoms in total. The number of hydrogen-bond donors (Lipinski definition) is 2. The standard InChI is InChI=1S/C17H25ClN4O2.HI/c1-3-16(23)22-10-8-13(12-22)21-17(19-2)20-9-11-24-15-7-5-4-6-14(15)18;/h4-7,13H,3,8-12H2,1-2H3,(H2,19,20,21);1H. The van der Waals surface area contributed by atoms with Crippen LogP contribution in [0.1, 0.15) is 19.8 Å². The summed E-state index contributed by atoms with van der Waals surface area (Å²) in [6, 6.07) is 7.63. The molecular weight excluding hydrogens is 455 g/mol. The molecule has 2 rings (SSSR count). The zero-order valence-electron chi connectivity index (χ0n) is 14.6. The second kappa shape index (κ2) is 11.4. The molecule has 0 aliphatic carbocycles. The van der Waals surface area contributed by atoms with Crippen molar-refractivity contribution in [3.8, 4) is 5.75 Å². The van der Waals surface area contributed by atoms with Crippen molar-refractivity contribution < 1.29 is 9.53 Å². The van der Waals surface area contributed by atoms with Gasteiger partial charge in [-0.3, -0.25) is 9.79 Å². The van der Waals surface area contributed by atoms with E-state index < -0.39 is 0 Å². The Morgan fingerprint density at radius 1 is 1.44 bits per heavy atom. The van der Waals surface area contributed by atoms with Crippen molar-refractivity contribution in [2.45, 2.75) is 25.8 Å². The molecule has 1 aromatic rings. The maximum Gasteiger partial charge on any atom is 0.222 e. The highest BCUT2D eigenvalue weighted by Gasteiger charge is 2.25. The van der Waals surface area contributed by atoms with Gasteiger partial charge in [-0.2, -0.15) is 0 Å². The number of benzene rings is 1. The van der Waals surface area contributed by atoms with Gasteiger partial charge in [-0.15, -0.1) is 24.0 Å². The molecule has 1 saturated heterocycles. The fraction of sp³-hybridized carbons (Fsp3) is 0.529. The Labute approximate surface area is 171 Å². The average molecular weight is 481 g/mol. The summed E-state index contributed by atoms with van der Waals surface area (Å²) in [7, 11) is 1.73. The Hall–Kier alpha value is -1.22. The van der Waals surface area contributed by atoms with Gasteiger partial charge in [-0.05, 0) is 18.6 Å². The Balaban J connectivity index is 0.00000312. The molecule has 0 saturated carbocycles. The number of amides is 1. The molecule has 2 N–H and O–H groups in total. The fourth-order valence-electron chi connectivity index (χ4n) is 2.61. The van der Waals surface area contributed by atoms with Crippen LogP contribution in [0.4, 0.5) is 0 Å². The van der Waals surface area contributed by atoms with E-state index in [0.717, 1.165) is 19.5 Å². The summed E-state index contributed by atoms with van der Waals surface area (Å²) in [4.78, 5) is 17.8. The van der Waals surface area contributed by atoms with Crippen LogP contribution in [0.25, 0.3) is 0 Å². The SMILES string of the molecule is CCC(=O)N1CCC(NC(=NC)NCCOc2ccccc2Cl)C1.I. The van der Waals surface area contributed by atoms with Gasteiger partial charge in [0.15, 0.2) is 5.96 Å². The zero-order chi connectivity index (χ0) is 17.4. The highest BCUT2D eigenvalue weighted by molar-refractivity contribution is 14.0. The highest BCUT2D eigenvalue weighted by Crippen LogP contribution is 2.22. The number of rotatable bonds is 6. The number of carbonyl (C=O) groups excluding carboxylic acids is 1. The van der Waals surface area contributed by atoms with Crippen LogP contribution in [0.15, 0.2) is 29.3 Å². The second-order valence-electron chi connectivity index (χ2n) is 5.60. The molecular formula is C17H26ClIN4O2. The van der Waals surface area contributed by atoms with Gasteiger partial charge in [-0.25, -0.2) is 0 Å². The number of ether oxygens (including phenoxy) is 1. The van der Waals surface area contributed by atoms with Crippen LogP contribution in [0.5, 0.6) is 5.75 Å². The number of hydrogen-bond acceptors (Lipinski definition) is 3. The number of carbonyl (C=O) groups is 1. The van der Waals surface area contributed by atoms with E-state index in [9.17, 15) is 4.79 Å². The lowest BCUT2D eigenvalue weighted by Crippen LogP contribution is -2.46. The fourth-order valence-corrected chi connectivity index (χ4v) is 2.80. The normalized spacial score (nSPS) is 17.0. The third-order valence-corrected chi connectivity index (χ3v) is 4.21. The number of para-hydroxylation sites is 1. The van der Waals surface area contributed by atoms with E-state index in [-0.39, 0.29) is 35.9 Å². The van der Waals surface area contributed by atoms with Crippen LogP contribution in [0, 0.1) is 0 Å². The minimum absolute atomic E-state index is 0. The van der Waals surface area contributed by atoms with E-state index in [0.29, 0.717) is 36.3 Å². The average Bonchev–Trinajstić information content (AvgIpc) is 3.06. The number of aliphatic imine (C=N–C) groups is 1. The van der Waals surface area contributed by atoms with Crippen LogP contribution in [0.2, 0.25) is 5.02 Å². The third kappa shape index (κ3) is 6.89. The number of guanidine groups is 1. The van der Waals surface area contributed by atoms with Crippen LogP contribution < -0.4 is 15.4 Å². The van der Waals surface area contributed by atoms with E-state index in [2.05, 4.69) is 15.6 Å². The van der Waals surface area contributed by atoms with Gasteiger partial charge in [0.05, 0.1) is 11.6 Å². The first-order valence-electron chi connectivity index (χ1n) is 8.26. The summed E-state index contributed by atoms with van der Waals surface area (Å²) >= 11 is 6.04. The summed E-state index contributed by atoms with van der Waals surface area (Å²) < 4.78 is 5.63. The van der Waals surface area contributed by atoms with Gasteiger partial charge in [0.1, 0.15) is 12.4 Å². The van der Waals surface area contributed by atoms with Crippen molar-refractivity contribution in [3.63, 3.8) is 0 Å². The van der Waals surface area contributed by atoms with E-state index in [1.807, 2.05) is 30.0 Å². The molecule has 140 valence electrons. The molecule has 1 unspecified atom stereocenters. The largest absolute Gasteiger partial charge is 0.490 e. The van der Waals surface area contributed by atoms with E-state index in [1.165, 1.54) is 0 Å². The van der Waals surface area contributed by atoms with Crippen molar-refractivity contribution >= 4 is 47.4 Å². The minimum atomic E-state index is 0. The molecule has 0 bridgehead atoms. The summed E-state index contributed by atoms with van der Waals surface area (Å²) in [6.45, 7) is 4.51. The first-order valence-corrected chi connectivity index (χ1v) is 8.64. The summed E-state index contributed by atoms with van der Waals surface area (Å²) in [5.41, 5.74) is 0. The quantitative estimate of drug-likeness (QED) is 0.284. The number of nitrogens with zero attached hydrogens (tertiary/aromatic N) is 2. The molecule has 1 fully saturated rings. The lowest BCUT2D eigenvalue weighted by Gasteiger charge is -2.18. The Morgan fingerprint density at radius 2 is 2.20 bits per heavy atom. The molecule has 8 heteroatoms. The predicted molar refractivity (Wildman–Crippen MR) is 112 cm³/mol. The smallest absolute Gasteiger partial charge is 0.222 e. The maximum atomic E-state index is 11.7. The topological polar surface area (TPSA) is 66.0 Å². The van der Waals surface area contributed by atoms with E-state index in [1.54, 1.807) is 13.1 Å². The lowest BCUT2D eigenvalue weighted by molar-refractivity contribution is -0.129. The van der Waals surface area contributed by atoms with Gasteiger partial charge >= 0.3 is 0 Å². The first kappa shape index (κ1) is 21.8. The Kier molecular flexibility index (Phi) is 9.96. The molecule has 1 aliphatic heterocycles.